The molecule has 0 aromatic carbocycles. The topological polar surface area (TPSA) is 50.4 Å². The molecule has 1 heterocycles. The molecule has 0 spiro atoms. The number of carbonyl (C=O) groups is 1. The first-order valence-corrected chi connectivity index (χ1v) is 5.95. The lowest BCUT2D eigenvalue weighted by Crippen LogP contribution is -2.30. The van der Waals surface area contributed by atoms with Gasteiger partial charge in [-0.3, -0.25) is 4.79 Å². The number of carbonyl (C=O) groups excluding carboxylic acids is 1. The number of ether oxygens (including phenoxy) is 1. The first-order valence-electron chi connectivity index (χ1n) is 5.95. The van der Waals surface area contributed by atoms with Crippen LogP contribution in [0, 0.1) is 0 Å². The van der Waals surface area contributed by atoms with Crippen LogP contribution in [0.5, 0.6) is 0 Å². The van der Waals surface area contributed by atoms with Gasteiger partial charge in [-0.05, 0) is 26.8 Å². The predicted molar refractivity (Wildman–Crippen MR) is 64.3 cm³/mol. The summed E-state index contributed by atoms with van der Waals surface area (Å²) in [6.07, 6.45) is 3.82. The zero-order chi connectivity index (χ0) is 11.8. The van der Waals surface area contributed by atoms with Gasteiger partial charge in [0.25, 0.3) is 0 Å². The molecule has 0 aromatic rings. The van der Waals surface area contributed by atoms with E-state index in [4.69, 9.17) is 4.74 Å². The quantitative estimate of drug-likeness (QED) is 0.660. The Balaban J connectivity index is 2.07. The molecule has 0 bridgehead atoms. The van der Waals surface area contributed by atoms with E-state index in [9.17, 15) is 4.79 Å². The largest absolute Gasteiger partial charge is 0.378 e. The van der Waals surface area contributed by atoms with Crippen LogP contribution in [0.4, 0.5) is 0 Å². The highest BCUT2D eigenvalue weighted by atomic mass is 16.5. The van der Waals surface area contributed by atoms with Gasteiger partial charge < -0.3 is 15.4 Å². The molecule has 1 rings (SSSR count). The summed E-state index contributed by atoms with van der Waals surface area (Å²) in [7, 11) is 0. The molecule has 0 aliphatic carbocycles. The summed E-state index contributed by atoms with van der Waals surface area (Å²) in [4.78, 5) is 11.4. The summed E-state index contributed by atoms with van der Waals surface area (Å²) in [5.74, 6) is 0.0695. The third-order valence-corrected chi connectivity index (χ3v) is 2.45. The maximum Gasteiger partial charge on any atom is 0.222 e. The lowest BCUT2D eigenvalue weighted by atomic mass is 10.1. The Labute approximate surface area is 97.4 Å². The predicted octanol–water partition coefficient (Wildman–Crippen LogP) is 0.837. The van der Waals surface area contributed by atoms with Crippen molar-refractivity contribution in [2.45, 2.75) is 32.8 Å². The fourth-order valence-corrected chi connectivity index (χ4v) is 1.52. The van der Waals surface area contributed by atoms with E-state index in [2.05, 4.69) is 16.7 Å². The average molecular weight is 226 g/mol. The summed E-state index contributed by atoms with van der Waals surface area (Å²) in [5.41, 5.74) is 1.32. The number of rotatable bonds is 6. The van der Waals surface area contributed by atoms with Gasteiger partial charge >= 0.3 is 0 Å². The van der Waals surface area contributed by atoms with Crippen LogP contribution in [0.25, 0.3) is 0 Å². The fraction of sp³-hybridized carbons (Fsp3) is 0.750. The van der Waals surface area contributed by atoms with Gasteiger partial charge in [0.2, 0.25) is 5.91 Å². The van der Waals surface area contributed by atoms with Crippen molar-refractivity contribution in [1.29, 1.82) is 0 Å². The second-order valence-electron chi connectivity index (χ2n) is 4.26. The van der Waals surface area contributed by atoms with Crippen molar-refractivity contribution in [3.05, 3.63) is 11.6 Å². The molecule has 0 radical (unpaired) electrons. The Morgan fingerprint density at radius 2 is 2.44 bits per heavy atom. The van der Waals surface area contributed by atoms with E-state index in [1.54, 1.807) is 0 Å². The lowest BCUT2D eigenvalue weighted by molar-refractivity contribution is -0.122. The number of nitrogens with one attached hydrogen (secondary N) is 2. The first-order chi connectivity index (χ1) is 7.68. The summed E-state index contributed by atoms with van der Waals surface area (Å²) >= 11 is 0. The van der Waals surface area contributed by atoms with E-state index in [1.807, 2.05) is 13.8 Å². The van der Waals surface area contributed by atoms with Gasteiger partial charge in [0.15, 0.2) is 0 Å². The van der Waals surface area contributed by atoms with Gasteiger partial charge in [0.1, 0.15) is 0 Å². The van der Waals surface area contributed by atoms with Gasteiger partial charge in [-0.15, -0.1) is 0 Å². The van der Waals surface area contributed by atoms with Gasteiger partial charge in [0, 0.05) is 19.5 Å². The molecule has 16 heavy (non-hydrogen) atoms. The summed E-state index contributed by atoms with van der Waals surface area (Å²) in [6.45, 7) is 7.06. The van der Waals surface area contributed by atoms with Crippen LogP contribution in [0.3, 0.4) is 0 Å². The molecule has 1 aliphatic rings. The Morgan fingerprint density at radius 3 is 3.06 bits per heavy atom. The number of amides is 1. The van der Waals surface area contributed by atoms with Crippen molar-refractivity contribution in [2.24, 2.45) is 0 Å². The molecule has 0 fully saturated rings. The van der Waals surface area contributed by atoms with Crippen LogP contribution < -0.4 is 10.6 Å². The minimum Gasteiger partial charge on any atom is -0.378 e. The zero-order valence-electron chi connectivity index (χ0n) is 10.2. The third-order valence-electron chi connectivity index (χ3n) is 2.45. The first kappa shape index (κ1) is 13.2. The summed E-state index contributed by atoms with van der Waals surface area (Å²) in [6, 6.07) is 0. The second kappa shape index (κ2) is 7.41. The van der Waals surface area contributed by atoms with Crippen molar-refractivity contribution < 1.29 is 9.53 Å². The Kier molecular flexibility index (Phi) is 6.11. The Morgan fingerprint density at radius 1 is 1.62 bits per heavy atom. The average Bonchev–Trinajstić information content (AvgIpc) is 2.27. The van der Waals surface area contributed by atoms with Crippen LogP contribution in [-0.4, -0.2) is 38.3 Å². The molecule has 0 saturated heterocycles. The summed E-state index contributed by atoms with van der Waals surface area (Å²) < 4.78 is 5.32. The minimum absolute atomic E-state index is 0.0695. The van der Waals surface area contributed by atoms with Gasteiger partial charge in [0.05, 0.1) is 12.7 Å². The van der Waals surface area contributed by atoms with Gasteiger partial charge in [-0.25, -0.2) is 0 Å². The Hall–Kier alpha value is -0.870. The van der Waals surface area contributed by atoms with Crippen molar-refractivity contribution in [1.82, 2.24) is 10.6 Å². The maximum absolute atomic E-state index is 11.4. The van der Waals surface area contributed by atoms with E-state index in [-0.39, 0.29) is 12.0 Å². The third kappa shape index (κ3) is 5.88. The number of hydrogen-bond donors (Lipinski definition) is 2. The van der Waals surface area contributed by atoms with E-state index >= 15 is 0 Å². The molecule has 4 nitrogen and oxygen atoms in total. The van der Waals surface area contributed by atoms with Crippen molar-refractivity contribution in [3.63, 3.8) is 0 Å². The van der Waals surface area contributed by atoms with Crippen molar-refractivity contribution in [2.75, 3.05) is 26.2 Å². The second-order valence-corrected chi connectivity index (χ2v) is 4.26. The van der Waals surface area contributed by atoms with Crippen molar-refractivity contribution >= 4 is 5.91 Å². The lowest BCUT2D eigenvalue weighted by Gasteiger charge is -2.14. The highest BCUT2D eigenvalue weighted by molar-refractivity contribution is 5.76. The molecular formula is C12H22N2O2. The van der Waals surface area contributed by atoms with Crippen LogP contribution in [0.2, 0.25) is 0 Å². The minimum atomic E-state index is 0.0695. The molecule has 2 N–H and O–H groups in total. The van der Waals surface area contributed by atoms with E-state index in [1.165, 1.54) is 5.57 Å². The normalized spacial score (nSPS) is 16.1. The number of hydrogen-bond acceptors (Lipinski definition) is 3. The molecule has 92 valence electrons. The van der Waals surface area contributed by atoms with Crippen LogP contribution in [0.1, 0.15) is 26.7 Å². The maximum atomic E-state index is 11.4. The smallest absolute Gasteiger partial charge is 0.222 e. The van der Waals surface area contributed by atoms with Crippen LogP contribution in [0.15, 0.2) is 11.6 Å². The van der Waals surface area contributed by atoms with E-state index in [0.29, 0.717) is 19.6 Å². The molecule has 0 aromatic heterocycles. The SMILES string of the molecule is CC(C)OCCC(=O)NCC1=CCNCC1. The van der Waals surface area contributed by atoms with Gasteiger partial charge in [-0.1, -0.05) is 11.6 Å². The Bertz CT molecular complexity index is 249. The standard InChI is InChI=1S/C12H22N2O2/c1-10(2)16-8-5-12(15)14-9-11-3-6-13-7-4-11/h3,10,13H,4-9H2,1-2H3,(H,14,15). The molecule has 0 atom stereocenters. The highest BCUT2D eigenvalue weighted by Crippen LogP contribution is 2.02. The monoisotopic (exact) mass is 226 g/mol. The van der Waals surface area contributed by atoms with E-state index in [0.717, 1.165) is 19.5 Å². The van der Waals surface area contributed by atoms with E-state index < -0.39 is 0 Å². The molecule has 0 saturated carbocycles. The molecule has 1 amide bonds. The van der Waals surface area contributed by atoms with Crippen molar-refractivity contribution in [3.8, 4) is 0 Å². The molecular weight excluding hydrogens is 204 g/mol. The zero-order valence-corrected chi connectivity index (χ0v) is 10.2. The fourth-order valence-electron chi connectivity index (χ4n) is 1.52. The van der Waals surface area contributed by atoms with Crippen LogP contribution >= 0.6 is 0 Å². The molecule has 4 heteroatoms. The molecule has 0 unspecified atom stereocenters. The van der Waals surface area contributed by atoms with Gasteiger partial charge in [-0.2, -0.15) is 0 Å². The summed E-state index contributed by atoms with van der Waals surface area (Å²) in [5, 5.41) is 6.15. The van der Waals surface area contributed by atoms with Crippen LogP contribution in [-0.2, 0) is 9.53 Å². The highest BCUT2D eigenvalue weighted by Gasteiger charge is 2.05. The molecule has 1 aliphatic heterocycles.